The van der Waals surface area contributed by atoms with Crippen molar-refractivity contribution in [2.75, 3.05) is 6.54 Å². The standard InChI is InChI=1S/C16H21N3O/c1-4-7-17-11-15-12(2)9-13(3)19-16(15)20-14-6-5-8-18-10-14/h5-6,8-10,17H,4,7,11H2,1-3H3. The molecule has 4 nitrogen and oxygen atoms in total. The summed E-state index contributed by atoms with van der Waals surface area (Å²) in [5, 5.41) is 3.40. The highest BCUT2D eigenvalue weighted by Crippen LogP contribution is 2.25. The normalized spacial score (nSPS) is 10.6. The summed E-state index contributed by atoms with van der Waals surface area (Å²) < 4.78 is 5.89. The highest BCUT2D eigenvalue weighted by Gasteiger charge is 2.11. The average molecular weight is 271 g/mol. The fourth-order valence-corrected chi connectivity index (χ4v) is 2.04. The Labute approximate surface area is 120 Å². The number of rotatable bonds is 6. The molecule has 20 heavy (non-hydrogen) atoms. The molecule has 0 aliphatic heterocycles. The number of hydrogen-bond donors (Lipinski definition) is 1. The van der Waals surface area contributed by atoms with Gasteiger partial charge in [0.15, 0.2) is 0 Å². The largest absolute Gasteiger partial charge is 0.437 e. The number of nitrogens with zero attached hydrogens (tertiary/aromatic N) is 2. The van der Waals surface area contributed by atoms with Gasteiger partial charge in [-0.3, -0.25) is 4.98 Å². The van der Waals surface area contributed by atoms with Gasteiger partial charge in [-0.05, 0) is 50.6 Å². The SMILES string of the molecule is CCCNCc1c(C)cc(C)nc1Oc1cccnc1. The predicted octanol–water partition coefficient (Wildman–Crippen LogP) is 3.39. The monoisotopic (exact) mass is 271 g/mol. The molecular weight excluding hydrogens is 250 g/mol. The molecule has 0 unspecified atom stereocenters. The predicted molar refractivity (Wildman–Crippen MR) is 80.0 cm³/mol. The molecule has 2 aromatic rings. The second kappa shape index (κ2) is 7.01. The van der Waals surface area contributed by atoms with Gasteiger partial charge >= 0.3 is 0 Å². The van der Waals surface area contributed by atoms with E-state index in [2.05, 4.69) is 35.2 Å². The summed E-state index contributed by atoms with van der Waals surface area (Å²) >= 11 is 0. The van der Waals surface area contributed by atoms with Crippen LogP contribution in [0.1, 0.15) is 30.2 Å². The summed E-state index contributed by atoms with van der Waals surface area (Å²) in [6.45, 7) is 7.97. The lowest BCUT2D eigenvalue weighted by Crippen LogP contribution is -2.16. The molecule has 0 aliphatic carbocycles. The average Bonchev–Trinajstić information content (AvgIpc) is 2.43. The van der Waals surface area contributed by atoms with Crippen molar-refractivity contribution in [2.24, 2.45) is 0 Å². The van der Waals surface area contributed by atoms with Gasteiger partial charge in [-0.15, -0.1) is 0 Å². The van der Waals surface area contributed by atoms with Crippen molar-refractivity contribution < 1.29 is 4.74 Å². The van der Waals surface area contributed by atoms with Crippen LogP contribution in [0.5, 0.6) is 11.6 Å². The third kappa shape index (κ3) is 3.78. The Bertz CT molecular complexity index is 555. The molecule has 0 bridgehead atoms. The summed E-state index contributed by atoms with van der Waals surface area (Å²) in [6.07, 6.45) is 4.53. The topological polar surface area (TPSA) is 47.0 Å². The van der Waals surface area contributed by atoms with Gasteiger partial charge in [0.25, 0.3) is 0 Å². The number of aromatic nitrogens is 2. The van der Waals surface area contributed by atoms with E-state index in [1.807, 2.05) is 19.1 Å². The van der Waals surface area contributed by atoms with Crippen LogP contribution in [0.2, 0.25) is 0 Å². The summed E-state index contributed by atoms with van der Waals surface area (Å²) in [6, 6.07) is 5.82. The Kier molecular flexibility index (Phi) is 5.07. The molecule has 4 heteroatoms. The van der Waals surface area contributed by atoms with Crippen molar-refractivity contribution in [3.63, 3.8) is 0 Å². The molecule has 0 fully saturated rings. The van der Waals surface area contributed by atoms with Crippen LogP contribution in [0, 0.1) is 13.8 Å². The van der Waals surface area contributed by atoms with Gasteiger partial charge in [0, 0.05) is 24.0 Å². The second-order valence-electron chi connectivity index (χ2n) is 4.83. The van der Waals surface area contributed by atoms with E-state index in [1.165, 1.54) is 5.56 Å². The second-order valence-corrected chi connectivity index (χ2v) is 4.83. The maximum absolute atomic E-state index is 5.89. The zero-order valence-corrected chi connectivity index (χ0v) is 12.3. The summed E-state index contributed by atoms with van der Waals surface area (Å²) in [7, 11) is 0. The van der Waals surface area contributed by atoms with Crippen molar-refractivity contribution in [2.45, 2.75) is 33.7 Å². The Morgan fingerprint density at radius 3 is 2.85 bits per heavy atom. The van der Waals surface area contributed by atoms with Crippen molar-refractivity contribution in [3.8, 4) is 11.6 Å². The zero-order chi connectivity index (χ0) is 14.4. The molecule has 0 aromatic carbocycles. The van der Waals surface area contributed by atoms with Crippen LogP contribution in [-0.4, -0.2) is 16.5 Å². The minimum absolute atomic E-state index is 0.666. The van der Waals surface area contributed by atoms with Gasteiger partial charge < -0.3 is 10.1 Å². The van der Waals surface area contributed by atoms with Crippen molar-refractivity contribution in [3.05, 3.63) is 47.4 Å². The van der Waals surface area contributed by atoms with Crippen LogP contribution in [0.15, 0.2) is 30.6 Å². The highest BCUT2D eigenvalue weighted by molar-refractivity contribution is 5.38. The first-order chi connectivity index (χ1) is 9.70. The summed E-state index contributed by atoms with van der Waals surface area (Å²) in [4.78, 5) is 8.58. The van der Waals surface area contributed by atoms with Gasteiger partial charge in [0.2, 0.25) is 5.88 Å². The van der Waals surface area contributed by atoms with E-state index in [-0.39, 0.29) is 0 Å². The van der Waals surface area contributed by atoms with E-state index < -0.39 is 0 Å². The number of hydrogen-bond acceptors (Lipinski definition) is 4. The number of aryl methyl sites for hydroxylation is 2. The summed E-state index contributed by atoms with van der Waals surface area (Å²) in [5.74, 6) is 1.38. The Morgan fingerprint density at radius 1 is 1.30 bits per heavy atom. The maximum Gasteiger partial charge on any atom is 0.224 e. The van der Waals surface area contributed by atoms with Crippen LogP contribution >= 0.6 is 0 Å². The first-order valence-corrected chi connectivity index (χ1v) is 6.96. The minimum atomic E-state index is 0.666. The smallest absolute Gasteiger partial charge is 0.224 e. The van der Waals surface area contributed by atoms with E-state index in [0.29, 0.717) is 11.6 Å². The number of pyridine rings is 2. The van der Waals surface area contributed by atoms with Crippen molar-refractivity contribution in [1.29, 1.82) is 0 Å². The van der Waals surface area contributed by atoms with Crippen LogP contribution in [-0.2, 0) is 6.54 Å². The minimum Gasteiger partial charge on any atom is -0.437 e. The van der Waals surface area contributed by atoms with E-state index in [0.717, 1.165) is 30.8 Å². The lowest BCUT2D eigenvalue weighted by atomic mass is 10.1. The number of ether oxygens (including phenoxy) is 1. The Hall–Kier alpha value is -1.94. The van der Waals surface area contributed by atoms with Crippen LogP contribution in [0.4, 0.5) is 0 Å². The molecule has 2 aromatic heterocycles. The van der Waals surface area contributed by atoms with Gasteiger partial charge in [0.1, 0.15) is 5.75 Å². The molecule has 0 amide bonds. The molecule has 0 atom stereocenters. The van der Waals surface area contributed by atoms with Gasteiger partial charge in [-0.2, -0.15) is 0 Å². The van der Waals surface area contributed by atoms with Gasteiger partial charge in [-0.1, -0.05) is 6.92 Å². The van der Waals surface area contributed by atoms with Crippen LogP contribution in [0.25, 0.3) is 0 Å². The number of nitrogens with one attached hydrogen (secondary N) is 1. The van der Waals surface area contributed by atoms with Crippen LogP contribution < -0.4 is 10.1 Å². The molecule has 2 heterocycles. The first-order valence-electron chi connectivity index (χ1n) is 6.96. The lowest BCUT2D eigenvalue weighted by molar-refractivity contribution is 0.448. The summed E-state index contributed by atoms with van der Waals surface area (Å²) in [5.41, 5.74) is 3.26. The third-order valence-corrected chi connectivity index (χ3v) is 3.01. The Balaban J connectivity index is 2.25. The molecule has 0 aliphatic rings. The molecule has 0 spiro atoms. The molecule has 0 saturated heterocycles. The first kappa shape index (κ1) is 14.5. The third-order valence-electron chi connectivity index (χ3n) is 3.01. The van der Waals surface area contributed by atoms with E-state index in [9.17, 15) is 0 Å². The maximum atomic E-state index is 5.89. The quantitative estimate of drug-likeness (QED) is 0.818. The van der Waals surface area contributed by atoms with Crippen molar-refractivity contribution >= 4 is 0 Å². The fraction of sp³-hybridized carbons (Fsp3) is 0.375. The van der Waals surface area contributed by atoms with E-state index in [1.54, 1.807) is 12.4 Å². The van der Waals surface area contributed by atoms with Gasteiger partial charge in [0.05, 0.1) is 6.20 Å². The zero-order valence-electron chi connectivity index (χ0n) is 12.3. The van der Waals surface area contributed by atoms with E-state index >= 15 is 0 Å². The lowest BCUT2D eigenvalue weighted by Gasteiger charge is -2.14. The van der Waals surface area contributed by atoms with Crippen LogP contribution in [0.3, 0.4) is 0 Å². The molecule has 106 valence electrons. The molecule has 2 rings (SSSR count). The Morgan fingerprint density at radius 2 is 2.15 bits per heavy atom. The van der Waals surface area contributed by atoms with Gasteiger partial charge in [-0.25, -0.2) is 4.98 Å². The fourth-order valence-electron chi connectivity index (χ4n) is 2.04. The molecule has 1 N–H and O–H groups in total. The highest BCUT2D eigenvalue weighted by atomic mass is 16.5. The molecule has 0 saturated carbocycles. The van der Waals surface area contributed by atoms with E-state index in [4.69, 9.17) is 4.74 Å². The van der Waals surface area contributed by atoms with Crippen molar-refractivity contribution in [1.82, 2.24) is 15.3 Å². The molecular formula is C16H21N3O. The molecule has 0 radical (unpaired) electrons.